The summed E-state index contributed by atoms with van der Waals surface area (Å²) in [5.74, 6) is -0.216. The molecule has 0 radical (unpaired) electrons. The Bertz CT molecular complexity index is 845. The van der Waals surface area contributed by atoms with E-state index in [0.29, 0.717) is 5.56 Å². The lowest BCUT2D eigenvalue weighted by molar-refractivity contribution is -0.137. The summed E-state index contributed by atoms with van der Waals surface area (Å²) in [5.41, 5.74) is 0.438. The van der Waals surface area contributed by atoms with Crippen molar-refractivity contribution in [1.29, 1.82) is 0 Å². The summed E-state index contributed by atoms with van der Waals surface area (Å²) in [6, 6.07) is 12.8. The molecule has 1 atom stereocenters. The average molecular weight is 375 g/mol. The van der Waals surface area contributed by atoms with Crippen LogP contribution in [0.5, 0.6) is 0 Å². The quantitative estimate of drug-likeness (QED) is 0.769. The van der Waals surface area contributed by atoms with Gasteiger partial charge in [-0.15, -0.1) is 0 Å². The predicted molar refractivity (Wildman–Crippen MR) is 91.4 cm³/mol. The highest BCUT2D eigenvalue weighted by atomic mass is 19.4. The SMILES string of the molecule is O=C1C=CN(C(=O)OCc2ccccc2)[C@@H](c2ccc(C(F)(F)F)cc2)C1. The summed E-state index contributed by atoms with van der Waals surface area (Å²) in [7, 11) is 0. The maximum Gasteiger partial charge on any atom is 0.416 e. The highest BCUT2D eigenvalue weighted by Crippen LogP contribution is 2.33. The number of allylic oxidation sites excluding steroid dienone is 1. The molecule has 2 aromatic rings. The largest absolute Gasteiger partial charge is 0.444 e. The van der Waals surface area contributed by atoms with Gasteiger partial charge >= 0.3 is 12.3 Å². The lowest BCUT2D eigenvalue weighted by atomic mass is 9.96. The maximum absolute atomic E-state index is 12.7. The molecule has 0 bridgehead atoms. The standard InChI is InChI=1S/C20H16F3NO3/c21-20(22,23)16-8-6-15(7-9-16)18-12-17(25)10-11-24(18)19(26)27-13-14-4-2-1-3-5-14/h1-11,18H,12-13H2/t18-/m1/s1. The third-order valence-corrected chi connectivity index (χ3v) is 4.19. The second kappa shape index (κ2) is 7.65. The summed E-state index contributed by atoms with van der Waals surface area (Å²) in [5, 5.41) is 0. The van der Waals surface area contributed by atoms with Crippen LogP contribution in [0.1, 0.15) is 29.2 Å². The summed E-state index contributed by atoms with van der Waals surface area (Å²) >= 11 is 0. The van der Waals surface area contributed by atoms with Gasteiger partial charge in [0.15, 0.2) is 5.78 Å². The number of carbonyl (C=O) groups excluding carboxylic acids is 2. The fourth-order valence-corrected chi connectivity index (χ4v) is 2.78. The lowest BCUT2D eigenvalue weighted by Gasteiger charge is -2.30. The first-order chi connectivity index (χ1) is 12.8. The first-order valence-electron chi connectivity index (χ1n) is 8.22. The molecular weight excluding hydrogens is 359 g/mol. The van der Waals surface area contributed by atoms with Gasteiger partial charge in [-0.1, -0.05) is 42.5 Å². The van der Waals surface area contributed by atoms with E-state index in [0.717, 1.165) is 17.7 Å². The molecule has 1 aliphatic rings. The van der Waals surface area contributed by atoms with Gasteiger partial charge in [0.25, 0.3) is 0 Å². The summed E-state index contributed by atoms with van der Waals surface area (Å²) in [6.07, 6.45) is -2.59. The summed E-state index contributed by atoms with van der Waals surface area (Å²) < 4.78 is 43.5. The zero-order chi connectivity index (χ0) is 19.4. The van der Waals surface area contributed by atoms with E-state index in [2.05, 4.69) is 0 Å². The van der Waals surface area contributed by atoms with Crippen molar-refractivity contribution in [3.63, 3.8) is 0 Å². The van der Waals surface area contributed by atoms with Crippen LogP contribution in [0, 0.1) is 0 Å². The number of rotatable bonds is 3. The molecule has 0 spiro atoms. The third kappa shape index (κ3) is 4.55. The molecule has 1 amide bonds. The number of hydrogen-bond acceptors (Lipinski definition) is 3. The van der Waals surface area contributed by atoms with Crippen LogP contribution in [0.3, 0.4) is 0 Å². The van der Waals surface area contributed by atoms with Crippen LogP contribution in [0.4, 0.5) is 18.0 Å². The van der Waals surface area contributed by atoms with Crippen molar-refractivity contribution >= 4 is 11.9 Å². The molecule has 1 aliphatic heterocycles. The van der Waals surface area contributed by atoms with E-state index in [1.807, 2.05) is 18.2 Å². The number of ether oxygens (including phenoxy) is 1. The molecule has 7 heteroatoms. The second-order valence-electron chi connectivity index (χ2n) is 6.07. The molecule has 27 heavy (non-hydrogen) atoms. The van der Waals surface area contributed by atoms with Gasteiger partial charge in [-0.3, -0.25) is 9.69 Å². The number of nitrogens with zero attached hydrogens (tertiary/aromatic N) is 1. The molecule has 0 saturated heterocycles. The Morgan fingerprint density at radius 3 is 2.37 bits per heavy atom. The van der Waals surface area contributed by atoms with Crippen LogP contribution in [-0.2, 0) is 22.3 Å². The Balaban J connectivity index is 1.77. The molecule has 0 aliphatic carbocycles. The van der Waals surface area contributed by atoms with E-state index in [1.165, 1.54) is 29.3 Å². The van der Waals surface area contributed by atoms with Crippen LogP contribution < -0.4 is 0 Å². The number of amides is 1. The molecule has 4 nitrogen and oxygen atoms in total. The van der Waals surface area contributed by atoms with E-state index in [9.17, 15) is 22.8 Å². The molecular formula is C20H16F3NO3. The molecule has 0 aromatic heterocycles. The van der Waals surface area contributed by atoms with E-state index in [1.54, 1.807) is 12.1 Å². The molecule has 140 valence electrons. The first kappa shape index (κ1) is 18.7. The average Bonchev–Trinajstić information content (AvgIpc) is 2.66. The van der Waals surface area contributed by atoms with Crippen molar-refractivity contribution in [3.05, 3.63) is 83.6 Å². The second-order valence-corrected chi connectivity index (χ2v) is 6.07. The first-order valence-corrected chi connectivity index (χ1v) is 8.22. The maximum atomic E-state index is 12.7. The van der Waals surface area contributed by atoms with Crippen molar-refractivity contribution in [1.82, 2.24) is 4.90 Å². The minimum Gasteiger partial charge on any atom is -0.444 e. The van der Waals surface area contributed by atoms with Crippen molar-refractivity contribution in [2.45, 2.75) is 25.2 Å². The smallest absolute Gasteiger partial charge is 0.416 e. The molecule has 0 unspecified atom stereocenters. The molecule has 1 heterocycles. The van der Waals surface area contributed by atoms with Gasteiger partial charge in [0.2, 0.25) is 0 Å². The topological polar surface area (TPSA) is 46.6 Å². The fourth-order valence-electron chi connectivity index (χ4n) is 2.78. The van der Waals surface area contributed by atoms with E-state index >= 15 is 0 Å². The van der Waals surface area contributed by atoms with E-state index in [4.69, 9.17) is 4.74 Å². The van der Waals surface area contributed by atoms with Gasteiger partial charge < -0.3 is 4.74 Å². The lowest BCUT2D eigenvalue weighted by Crippen LogP contribution is -2.34. The Morgan fingerprint density at radius 1 is 1.07 bits per heavy atom. The van der Waals surface area contributed by atoms with Crippen LogP contribution in [0.25, 0.3) is 0 Å². The molecule has 0 fully saturated rings. The van der Waals surface area contributed by atoms with Crippen molar-refractivity contribution < 1.29 is 27.5 Å². The van der Waals surface area contributed by atoms with Crippen LogP contribution >= 0.6 is 0 Å². The van der Waals surface area contributed by atoms with Gasteiger partial charge in [-0.2, -0.15) is 13.2 Å². The van der Waals surface area contributed by atoms with Gasteiger partial charge in [-0.05, 0) is 29.3 Å². The summed E-state index contributed by atoms with van der Waals surface area (Å²) in [4.78, 5) is 25.5. The minimum atomic E-state index is -4.45. The molecule has 0 saturated carbocycles. The Hall–Kier alpha value is -3.09. The molecule has 0 N–H and O–H groups in total. The molecule has 3 rings (SSSR count). The minimum absolute atomic E-state index is 0.0255. The van der Waals surface area contributed by atoms with Crippen LogP contribution in [0.2, 0.25) is 0 Å². The van der Waals surface area contributed by atoms with Crippen LogP contribution in [0.15, 0.2) is 66.9 Å². The fraction of sp³-hybridized carbons (Fsp3) is 0.200. The van der Waals surface area contributed by atoms with Gasteiger partial charge in [0, 0.05) is 12.6 Å². The van der Waals surface area contributed by atoms with Crippen molar-refractivity contribution in [3.8, 4) is 0 Å². The van der Waals surface area contributed by atoms with E-state index in [-0.39, 0.29) is 18.8 Å². The van der Waals surface area contributed by atoms with Gasteiger partial charge in [-0.25, -0.2) is 4.79 Å². The van der Waals surface area contributed by atoms with Crippen molar-refractivity contribution in [2.75, 3.05) is 0 Å². The Morgan fingerprint density at radius 2 is 1.74 bits per heavy atom. The Labute approximate surface area is 153 Å². The number of alkyl halides is 3. The number of benzene rings is 2. The van der Waals surface area contributed by atoms with Gasteiger partial charge in [0.05, 0.1) is 11.6 Å². The van der Waals surface area contributed by atoms with Gasteiger partial charge in [0.1, 0.15) is 6.61 Å². The highest BCUT2D eigenvalue weighted by molar-refractivity contribution is 5.92. The monoisotopic (exact) mass is 375 g/mol. The Kier molecular flexibility index (Phi) is 5.30. The number of hydrogen-bond donors (Lipinski definition) is 0. The highest BCUT2D eigenvalue weighted by Gasteiger charge is 2.33. The predicted octanol–water partition coefficient (Wildman–Crippen LogP) is 4.87. The normalized spacial score (nSPS) is 17.1. The van der Waals surface area contributed by atoms with E-state index < -0.39 is 23.9 Å². The summed E-state index contributed by atoms with van der Waals surface area (Å²) in [6.45, 7) is 0.0533. The number of carbonyl (C=O) groups is 2. The zero-order valence-corrected chi connectivity index (χ0v) is 14.1. The zero-order valence-electron chi connectivity index (χ0n) is 14.1. The number of halogens is 3. The third-order valence-electron chi connectivity index (χ3n) is 4.19. The number of ketones is 1. The molecule has 2 aromatic carbocycles. The van der Waals surface area contributed by atoms with Crippen LogP contribution in [-0.4, -0.2) is 16.8 Å². The van der Waals surface area contributed by atoms with Crippen molar-refractivity contribution in [2.24, 2.45) is 0 Å².